The number of hydrogen-bond donors (Lipinski definition) is 0. The van der Waals surface area contributed by atoms with E-state index in [0.29, 0.717) is 12.4 Å². The first-order chi connectivity index (χ1) is 10.4. The van der Waals surface area contributed by atoms with Crippen LogP contribution in [0.4, 0.5) is 4.39 Å². The molecule has 0 saturated carbocycles. The van der Waals surface area contributed by atoms with Gasteiger partial charge < -0.3 is 4.74 Å². The van der Waals surface area contributed by atoms with Crippen molar-refractivity contribution in [1.82, 2.24) is 4.31 Å². The first-order valence-corrected chi connectivity index (χ1v) is 8.31. The van der Waals surface area contributed by atoms with Gasteiger partial charge in [-0.15, -0.1) is 0 Å². The number of hydrogen-bond acceptors (Lipinski definition) is 3. The molecule has 2 aromatic rings. The number of rotatable bonds is 6. The van der Waals surface area contributed by atoms with Gasteiger partial charge in [0.05, 0.1) is 11.5 Å². The Morgan fingerprint density at radius 3 is 2.18 bits per heavy atom. The Balaban J connectivity index is 2.16. The van der Waals surface area contributed by atoms with Crippen LogP contribution in [0.3, 0.4) is 0 Å². The Morgan fingerprint density at radius 1 is 1.05 bits per heavy atom. The second kappa shape index (κ2) is 6.89. The molecule has 0 aliphatic carbocycles. The molecule has 0 radical (unpaired) electrons. The van der Waals surface area contributed by atoms with Gasteiger partial charge in [0, 0.05) is 13.6 Å². The molecule has 118 valence electrons. The van der Waals surface area contributed by atoms with Gasteiger partial charge in [-0.05, 0) is 48.9 Å². The van der Waals surface area contributed by atoms with E-state index in [1.807, 2.05) is 6.92 Å². The molecular formula is C16H18FNO3S. The molecular weight excluding hydrogens is 305 g/mol. The minimum Gasteiger partial charge on any atom is -0.494 e. The highest BCUT2D eigenvalue weighted by Crippen LogP contribution is 2.20. The zero-order valence-electron chi connectivity index (χ0n) is 12.5. The number of nitrogens with zero attached hydrogens (tertiary/aromatic N) is 1. The van der Waals surface area contributed by atoms with E-state index in [9.17, 15) is 12.8 Å². The molecule has 4 nitrogen and oxygen atoms in total. The van der Waals surface area contributed by atoms with E-state index in [-0.39, 0.29) is 17.3 Å². The molecule has 0 saturated heterocycles. The predicted octanol–water partition coefficient (Wildman–Crippen LogP) is 3.05. The molecule has 0 aliphatic rings. The highest BCUT2D eigenvalue weighted by Gasteiger charge is 2.20. The quantitative estimate of drug-likeness (QED) is 0.821. The highest BCUT2D eigenvalue weighted by atomic mass is 32.2. The standard InChI is InChI=1S/C16H18FNO3S/c1-3-21-15-8-10-16(11-9-15)22(19,20)18(2)12-13-4-6-14(17)7-5-13/h4-11H,3,12H2,1-2H3. The Kier molecular flexibility index (Phi) is 5.15. The zero-order chi connectivity index (χ0) is 16.2. The molecule has 0 N–H and O–H groups in total. The van der Waals surface area contributed by atoms with Gasteiger partial charge in [-0.3, -0.25) is 0 Å². The highest BCUT2D eigenvalue weighted by molar-refractivity contribution is 7.89. The fourth-order valence-electron chi connectivity index (χ4n) is 1.99. The van der Waals surface area contributed by atoms with E-state index < -0.39 is 10.0 Å². The van der Waals surface area contributed by atoms with Crippen LogP contribution in [0.5, 0.6) is 5.75 Å². The van der Waals surface area contributed by atoms with Gasteiger partial charge in [0.1, 0.15) is 11.6 Å². The first-order valence-electron chi connectivity index (χ1n) is 6.87. The van der Waals surface area contributed by atoms with Crippen LogP contribution >= 0.6 is 0 Å². The summed E-state index contributed by atoms with van der Waals surface area (Å²) in [6.45, 7) is 2.56. The number of benzene rings is 2. The monoisotopic (exact) mass is 323 g/mol. The molecule has 0 atom stereocenters. The second-order valence-corrected chi connectivity index (χ2v) is 6.84. The summed E-state index contributed by atoms with van der Waals surface area (Å²) in [5, 5.41) is 0. The van der Waals surface area contributed by atoms with E-state index in [4.69, 9.17) is 4.74 Å². The van der Waals surface area contributed by atoms with E-state index in [0.717, 1.165) is 5.56 Å². The molecule has 0 aliphatic heterocycles. The van der Waals surface area contributed by atoms with Crippen LogP contribution in [0.2, 0.25) is 0 Å². The second-order valence-electron chi connectivity index (χ2n) is 4.79. The van der Waals surface area contributed by atoms with Crippen molar-refractivity contribution >= 4 is 10.0 Å². The number of sulfonamides is 1. The van der Waals surface area contributed by atoms with Crippen LogP contribution in [0.1, 0.15) is 12.5 Å². The minimum absolute atomic E-state index is 0.176. The molecule has 2 aromatic carbocycles. The SMILES string of the molecule is CCOc1ccc(S(=O)(=O)N(C)Cc2ccc(F)cc2)cc1. The minimum atomic E-state index is -3.59. The molecule has 0 aromatic heterocycles. The average Bonchev–Trinajstić information content (AvgIpc) is 2.50. The van der Waals surface area contributed by atoms with Crippen molar-refractivity contribution < 1.29 is 17.5 Å². The zero-order valence-corrected chi connectivity index (χ0v) is 13.3. The molecule has 0 fully saturated rings. The average molecular weight is 323 g/mol. The maximum atomic E-state index is 12.9. The maximum Gasteiger partial charge on any atom is 0.243 e. The Hall–Kier alpha value is -1.92. The maximum absolute atomic E-state index is 12.9. The van der Waals surface area contributed by atoms with Crippen molar-refractivity contribution in [3.63, 3.8) is 0 Å². The van der Waals surface area contributed by atoms with Crippen molar-refractivity contribution in [3.05, 3.63) is 59.9 Å². The van der Waals surface area contributed by atoms with E-state index >= 15 is 0 Å². The third-order valence-electron chi connectivity index (χ3n) is 3.16. The molecule has 6 heteroatoms. The Bertz CT molecular complexity index is 712. The molecule has 0 bridgehead atoms. The summed E-state index contributed by atoms with van der Waals surface area (Å²) in [7, 11) is -2.10. The van der Waals surface area contributed by atoms with Crippen molar-refractivity contribution in [1.29, 1.82) is 0 Å². The molecule has 0 unspecified atom stereocenters. The van der Waals surface area contributed by atoms with E-state index in [1.165, 1.54) is 35.6 Å². The van der Waals surface area contributed by atoms with Crippen molar-refractivity contribution in [2.75, 3.05) is 13.7 Å². The topological polar surface area (TPSA) is 46.6 Å². The summed E-state index contributed by atoms with van der Waals surface area (Å²) < 4.78 is 44.4. The van der Waals surface area contributed by atoms with Crippen LogP contribution in [0.15, 0.2) is 53.4 Å². The van der Waals surface area contributed by atoms with Gasteiger partial charge in [0.15, 0.2) is 0 Å². The molecule has 22 heavy (non-hydrogen) atoms. The summed E-state index contributed by atoms with van der Waals surface area (Å²) in [4.78, 5) is 0.195. The van der Waals surface area contributed by atoms with Gasteiger partial charge in [-0.25, -0.2) is 12.8 Å². The van der Waals surface area contributed by atoms with Crippen LogP contribution in [-0.2, 0) is 16.6 Å². The summed E-state index contributed by atoms with van der Waals surface area (Å²) in [5.74, 6) is 0.281. The largest absolute Gasteiger partial charge is 0.494 e. The van der Waals surface area contributed by atoms with E-state index in [2.05, 4.69) is 0 Å². The normalized spacial score (nSPS) is 11.6. The van der Waals surface area contributed by atoms with Crippen molar-refractivity contribution in [2.24, 2.45) is 0 Å². The lowest BCUT2D eigenvalue weighted by atomic mass is 10.2. The van der Waals surface area contributed by atoms with Crippen LogP contribution in [0, 0.1) is 5.82 Å². The fourth-order valence-corrected chi connectivity index (χ4v) is 3.15. The third kappa shape index (κ3) is 3.84. The van der Waals surface area contributed by atoms with Crippen molar-refractivity contribution in [2.45, 2.75) is 18.4 Å². The summed E-state index contributed by atoms with van der Waals surface area (Å²) in [6.07, 6.45) is 0. The van der Waals surface area contributed by atoms with Gasteiger partial charge in [-0.1, -0.05) is 12.1 Å². The molecule has 0 heterocycles. The summed E-state index contributed by atoms with van der Waals surface area (Å²) >= 11 is 0. The van der Waals surface area contributed by atoms with Gasteiger partial charge in [0.25, 0.3) is 0 Å². The summed E-state index contributed by atoms with van der Waals surface area (Å²) in [5.41, 5.74) is 0.721. The molecule has 2 rings (SSSR count). The van der Waals surface area contributed by atoms with E-state index in [1.54, 1.807) is 24.3 Å². The third-order valence-corrected chi connectivity index (χ3v) is 4.98. The van der Waals surface area contributed by atoms with Crippen LogP contribution < -0.4 is 4.74 Å². The van der Waals surface area contributed by atoms with Gasteiger partial charge in [0.2, 0.25) is 10.0 Å². The van der Waals surface area contributed by atoms with Crippen LogP contribution in [0.25, 0.3) is 0 Å². The Morgan fingerprint density at radius 2 is 1.64 bits per heavy atom. The molecule has 0 spiro atoms. The van der Waals surface area contributed by atoms with Gasteiger partial charge in [-0.2, -0.15) is 4.31 Å². The smallest absolute Gasteiger partial charge is 0.243 e. The number of ether oxygens (including phenoxy) is 1. The fraction of sp³-hybridized carbons (Fsp3) is 0.250. The number of halogens is 1. The molecule has 0 amide bonds. The lowest BCUT2D eigenvalue weighted by molar-refractivity contribution is 0.340. The van der Waals surface area contributed by atoms with Crippen LogP contribution in [-0.4, -0.2) is 26.4 Å². The Labute approximate surface area is 130 Å². The van der Waals surface area contributed by atoms with Crippen molar-refractivity contribution in [3.8, 4) is 5.75 Å². The van der Waals surface area contributed by atoms with Gasteiger partial charge >= 0.3 is 0 Å². The predicted molar refractivity (Wildman–Crippen MR) is 82.7 cm³/mol. The first kappa shape index (κ1) is 16.5. The lowest BCUT2D eigenvalue weighted by Gasteiger charge is -2.17. The summed E-state index contributed by atoms with van der Waals surface area (Å²) in [6, 6.07) is 12.0. The lowest BCUT2D eigenvalue weighted by Crippen LogP contribution is -2.26.